The molecule has 1 amide bonds. The van der Waals surface area contributed by atoms with Crippen LogP contribution in [-0.2, 0) is 6.54 Å². The van der Waals surface area contributed by atoms with Gasteiger partial charge in [-0.3, -0.25) is 19.1 Å². The number of carbonyl (C=O) groups is 1. The molecule has 1 aromatic heterocycles. The SMILES string of the molecule is COc1ccc(-c2cccc(C(=O)Nc3ccc(Cn4ccc(=O)[nH]c4=O)cc3)c2)cc1Cl. The molecule has 0 fully saturated rings. The number of nitrogens with one attached hydrogen (secondary N) is 2. The van der Waals surface area contributed by atoms with Crippen LogP contribution < -0.4 is 21.3 Å². The molecule has 0 saturated carbocycles. The molecule has 0 bridgehead atoms. The third kappa shape index (κ3) is 5.22. The van der Waals surface area contributed by atoms with Gasteiger partial charge in [-0.15, -0.1) is 0 Å². The smallest absolute Gasteiger partial charge is 0.328 e. The molecular formula is C25H20ClN3O4. The molecule has 7 nitrogen and oxygen atoms in total. The van der Waals surface area contributed by atoms with Crippen molar-refractivity contribution in [2.75, 3.05) is 12.4 Å². The van der Waals surface area contributed by atoms with Gasteiger partial charge in [-0.1, -0.05) is 41.9 Å². The van der Waals surface area contributed by atoms with E-state index in [2.05, 4.69) is 10.3 Å². The second kappa shape index (κ2) is 9.58. The average molecular weight is 462 g/mol. The van der Waals surface area contributed by atoms with E-state index >= 15 is 0 Å². The Bertz CT molecular complexity index is 1420. The van der Waals surface area contributed by atoms with Gasteiger partial charge in [-0.2, -0.15) is 0 Å². The van der Waals surface area contributed by atoms with E-state index in [1.807, 2.05) is 30.3 Å². The van der Waals surface area contributed by atoms with Crippen molar-refractivity contribution in [2.45, 2.75) is 6.54 Å². The van der Waals surface area contributed by atoms with Gasteiger partial charge in [0.1, 0.15) is 5.75 Å². The molecule has 8 heteroatoms. The molecule has 0 spiro atoms. The molecule has 1 heterocycles. The summed E-state index contributed by atoms with van der Waals surface area (Å²) in [6.45, 7) is 0.302. The van der Waals surface area contributed by atoms with Gasteiger partial charge < -0.3 is 10.1 Å². The summed E-state index contributed by atoms with van der Waals surface area (Å²) < 4.78 is 6.58. The normalized spacial score (nSPS) is 10.6. The van der Waals surface area contributed by atoms with Crippen LogP contribution >= 0.6 is 11.6 Å². The number of methoxy groups -OCH3 is 1. The summed E-state index contributed by atoms with van der Waals surface area (Å²) in [6.07, 6.45) is 1.44. The van der Waals surface area contributed by atoms with Crippen molar-refractivity contribution in [3.8, 4) is 16.9 Å². The third-order valence-electron chi connectivity index (χ3n) is 5.07. The topological polar surface area (TPSA) is 93.2 Å². The van der Waals surface area contributed by atoms with Crippen LogP contribution in [0, 0.1) is 0 Å². The Hall–Kier alpha value is -4.10. The first-order valence-electron chi connectivity index (χ1n) is 10.1. The number of H-pyrrole nitrogens is 1. The van der Waals surface area contributed by atoms with E-state index in [1.54, 1.807) is 43.5 Å². The summed E-state index contributed by atoms with van der Waals surface area (Å²) in [6, 6.07) is 21.1. The monoisotopic (exact) mass is 461 g/mol. The molecule has 0 aliphatic heterocycles. The van der Waals surface area contributed by atoms with Crippen molar-refractivity contribution in [1.82, 2.24) is 9.55 Å². The van der Waals surface area contributed by atoms with Crippen LogP contribution in [0.4, 0.5) is 5.69 Å². The minimum Gasteiger partial charge on any atom is -0.495 e. The number of aromatic nitrogens is 2. The van der Waals surface area contributed by atoms with E-state index in [9.17, 15) is 14.4 Å². The number of halogens is 1. The number of benzene rings is 3. The number of aromatic amines is 1. The van der Waals surface area contributed by atoms with E-state index in [1.165, 1.54) is 16.8 Å². The molecule has 0 saturated heterocycles. The van der Waals surface area contributed by atoms with E-state index in [-0.39, 0.29) is 5.91 Å². The molecule has 4 rings (SSSR count). The van der Waals surface area contributed by atoms with Gasteiger partial charge in [-0.05, 0) is 53.1 Å². The summed E-state index contributed by atoms with van der Waals surface area (Å²) in [5.41, 5.74) is 2.79. The van der Waals surface area contributed by atoms with Gasteiger partial charge in [0, 0.05) is 23.5 Å². The van der Waals surface area contributed by atoms with Gasteiger partial charge >= 0.3 is 5.69 Å². The lowest BCUT2D eigenvalue weighted by atomic mass is 10.0. The molecule has 0 atom stereocenters. The fraction of sp³-hybridized carbons (Fsp3) is 0.0800. The minimum absolute atomic E-state index is 0.249. The maximum atomic E-state index is 12.8. The van der Waals surface area contributed by atoms with Crippen molar-refractivity contribution in [3.63, 3.8) is 0 Å². The molecule has 0 aliphatic carbocycles. The van der Waals surface area contributed by atoms with Crippen molar-refractivity contribution in [2.24, 2.45) is 0 Å². The lowest BCUT2D eigenvalue weighted by molar-refractivity contribution is 0.102. The van der Waals surface area contributed by atoms with Crippen LogP contribution in [-0.4, -0.2) is 22.6 Å². The number of carbonyl (C=O) groups excluding carboxylic acids is 1. The standard InChI is InChI=1S/C25H20ClN3O4/c1-33-22-10-7-18(14-21(22)26)17-3-2-4-19(13-17)24(31)27-20-8-5-16(6-9-20)15-29-12-11-23(30)28-25(29)32/h2-14H,15H2,1H3,(H,27,31)(H,28,30,32). The number of amides is 1. The number of hydrogen-bond acceptors (Lipinski definition) is 4. The highest BCUT2D eigenvalue weighted by Crippen LogP contribution is 2.30. The van der Waals surface area contributed by atoms with Crippen LogP contribution in [0.1, 0.15) is 15.9 Å². The largest absolute Gasteiger partial charge is 0.495 e. The zero-order valence-corrected chi connectivity index (χ0v) is 18.4. The van der Waals surface area contributed by atoms with Crippen LogP contribution in [0.3, 0.4) is 0 Å². The number of hydrogen-bond donors (Lipinski definition) is 2. The Labute approximate surface area is 194 Å². The second-order valence-corrected chi connectivity index (χ2v) is 7.73. The van der Waals surface area contributed by atoms with Crippen LogP contribution in [0.15, 0.2) is 88.6 Å². The number of ether oxygens (including phenoxy) is 1. The van der Waals surface area contributed by atoms with Crippen molar-refractivity contribution in [1.29, 1.82) is 0 Å². The number of rotatable bonds is 6. The molecule has 4 aromatic rings. The fourth-order valence-electron chi connectivity index (χ4n) is 3.35. The lowest BCUT2D eigenvalue weighted by Crippen LogP contribution is -2.28. The van der Waals surface area contributed by atoms with Crippen molar-refractivity contribution < 1.29 is 9.53 Å². The number of anilines is 1. The molecule has 0 unspecified atom stereocenters. The van der Waals surface area contributed by atoms with E-state index in [0.717, 1.165) is 16.7 Å². The summed E-state index contributed by atoms with van der Waals surface area (Å²) >= 11 is 6.23. The zero-order chi connectivity index (χ0) is 23.4. The maximum Gasteiger partial charge on any atom is 0.328 e. The van der Waals surface area contributed by atoms with Gasteiger partial charge in [0.05, 0.1) is 18.7 Å². The van der Waals surface area contributed by atoms with E-state index in [0.29, 0.717) is 28.6 Å². The summed E-state index contributed by atoms with van der Waals surface area (Å²) in [4.78, 5) is 38.0. The molecule has 33 heavy (non-hydrogen) atoms. The Morgan fingerprint density at radius 1 is 1.00 bits per heavy atom. The average Bonchev–Trinajstić information content (AvgIpc) is 2.82. The van der Waals surface area contributed by atoms with Crippen LogP contribution in [0.2, 0.25) is 5.02 Å². The summed E-state index contributed by atoms with van der Waals surface area (Å²) in [7, 11) is 1.56. The molecule has 0 radical (unpaired) electrons. The number of nitrogens with zero attached hydrogens (tertiary/aromatic N) is 1. The van der Waals surface area contributed by atoms with Crippen LogP contribution in [0.5, 0.6) is 5.75 Å². The predicted octanol–water partition coefficient (Wildman–Crippen LogP) is 4.17. The highest BCUT2D eigenvalue weighted by atomic mass is 35.5. The first-order chi connectivity index (χ1) is 15.9. The first kappa shape index (κ1) is 22.1. The van der Waals surface area contributed by atoms with Crippen LogP contribution in [0.25, 0.3) is 11.1 Å². The third-order valence-corrected chi connectivity index (χ3v) is 5.37. The second-order valence-electron chi connectivity index (χ2n) is 7.32. The minimum atomic E-state index is -0.474. The zero-order valence-electron chi connectivity index (χ0n) is 17.7. The van der Waals surface area contributed by atoms with E-state index in [4.69, 9.17) is 16.3 Å². The predicted molar refractivity (Wildman–Crippen MR) is 128 cm³/mol. The Morgan fingerprint density at radius 3 is 2.45 bits per heavy atom. The molecule has 166 valence electrons. The Morgan fingerprint density at radius 2 is 1.76 bits per heavy atom. The van der Waals surface area contributed by atoms with Crippen molar-refractivity contribution >= 4 is 23.2 Å². The molecular weight excluding hydrogens is 442 g/mol. The highest BCUT2D eigenvalue weighted by Gasteiger charge is 2.10. The Balaban J connectivity index is 1.47. The molecule has 3 aromatic carbocycles. The maximum absolute atomic E-state index is 12.8. The van der Waals surface area contributed by atoms with E-state index < -0.39 is 11.2 Å². The molecule has 0 aliphatic rings. The van der Waals surface area contributed by atoms with Gasteiger partial charge in [-0.25, -0.2) is 4.79 Å². The van der Waals surface area contributed by atoms with Crippen molar-refractivity contribution in [3.05, 3.63) is 116 Å². The van der Waals surface area contributed by atoms with Gasteiger partial charge in [0.15, 0.2) is 0 Å². The summed E-state index contributed by atoms with van der Waals surface area (Å²) in [5.74, 6) is 0.337. The molecule has 2 N–H and O–H groups in total. The first-order valence-corrected chi connectivity index (χ1v) is 10.4. The Kier molecular flexibility index (Phi) is 6.42. The quantitative estimate of drug-likeness (QED) is 0.450. The fourth-order valence-corrected chi connectivity index (χ4v) is 3.61. The summed E-state index contributed by atoms with van der Waals surface area (Å²) in [5, 5.41) is 3.37. The highest BCUT2D eigenvalue weighted by molar-refractivity contribution is 6.32. The van der Waals surface area contributed by atoms with Gasteiger partial charge in [0.2, 0.25) is 0 Å². The van der Waals surface area contributed by atoms with Gasteiger partial charge in [0.25, 0.3) is 11.5 Å². The lowest BCUT2D eigenvalue weighted by Gasteiger charge is -2.10.